The Balaban J connectivity index is 2.50. The summed E-state index contributed by atoms with van der Waals surface area (Å²) in [5, 5.41) is 6.59. The Labute approximate surface area is 140 Å². The highest BCUT2D eigenvalue weighted by Crippen LogP contribution is 2.33. The van der Waals surface area contributed by atoms with E-state index in [1.54, 1.807) is 27.9 Å². The van der Waals surface area contributed by atoms with Crippen LogP contribution in [0.1, 0.15) is 16.7 Å². The Morgan fingerprint density at radius 2 is 1.70 bits per heavy atom. The lowest BCUT2D eigenvalue weighted by Crippen LogP contribution is -2.46. The zero-order chi connectivity index (χ0) is 17.4. The molecular formula is C14H21N4O3S2+. The van der Waals surface area contributed by atoms with Crippen molar-refractivity contribution < 1.29 is 17.3 Å². The average Bonchev–Trinajstić information content (AvgIpc) is 2.72. The molecule has 23 heavy (non-hydrogen) atoms. The number of anilines is 2. The van der Waals surface area contributed by atoms with E-state index in [1.807, 2.05) is 19.1 Å². The number of nitrogens with one attached hydrogen (secondary N) is 2. The van der Waals surface area contributed by atoms with E-state index in [0.29, 0.717) is 21.9 Å². The van der Waals surface area contributed by atoms with Crippen molar-refractivity contribution in [2.24, 2.45) is 0 Å². The molecule has 0 unspecified atom stereocenters. The highest BCUT2D eigenvalue weighted by molar-refractivity contribution is 7.87. The molecule has 0 amide bonds. The second-order valence-corrected chi connectivity index (χ2v) is 7.63. The van der Waals surface area contributed by atoms with Crippen LogP contribution in [0.2, 0.25) is 0 Å². The number of thiazole rings is 1. The fourth-order valence-electron chi connectivity index (χ4n) is 2.54. The number of benzene rings is 1. The maximum absolute atomic E-state index is 12.7. The first kappa shape index (κ1) is 17.4. The number of hydrogen-bond donors (Lipinski definition) is 3. The third kappa shape index (κ3) is 3.20. The molecular weight excluding hydrogens is 336 g/mol. The molecule has 0 aliphatic rings. The van der Waals surface area contributed by atoms with E-state index in [0.717, 1.165) is 16.9 Å². The number of aromatic nitrogens is 1. The molecule has 2 rings (SSSR count). The average molecular weight is 357 g/mol. The van der Waals surface area contributed by atoms with Gasteiger partial charge < -0.3 is 9.50 Å². The molecule has 0 atom stereocenters. The minimum absolute atomic E-state index is 0.0677. The molecule has 0 spiro atoms. The van der Waals surface area contributed by atoms with Gasteiger partial charge >= 0.3 is 21.1 Å². The Morgan fingerprint density at radius 3 is 2.13 bits per heavy atom. The van der Waals surface area contributed by atoms with E-state index in [9.17, 15) is 8.42 Å². The first-order valence-corrected chi connectivity index (χ1v) is 9.15. The minimum atomic E-state index is -3.98. The molecule has 0 bridgehead atoms. The molecule has 4 N–H and O–H groups in total. The van der Waals surface area contributed by atoms with Crippen LogP contribution in [0.25, 0.3) is 0 Å². The number of hydrogen-bond acceptors (Lipinski definition) is 7. The van der Waals surface area contributed by atoms with Gasteiger partial charge in [-0.3, -0.25) is 11.2 Å². The second kappa shape index (κ2) is 6.25. The Kier molecular flexibility index (Phi) is 4.71. The second-order valence-electron chi connectivity index (χ2n) is 5.18. The molecule has 0 saturated heterocycles. The van der Waals surface area contributed by atoms with Gasteiger partial charge in [0.15, 0.2) is 5.00 Å². The van der Waals surface area contributed by atoms with Crippen molar-refractivity contribution in [3.05, 3.63) is 28.8 Å². The quantitative estimate of drug-likeness (QED) is 0.426. The SMILES string of the molecule is CNc1sc(OS(=O)(=O)c2c(C)cc(C)cc2C)[n+](N)c1NC. The summed E-state index contributed by atoms with van der Waals surface area (Å²) in [4.78, 5) is 0.175. The van der Waals surface area contributed by atoms with Crippen LogP contribution >= 0.6 is 11.3 Å². The smallest absolute Gasteiger partial charge is 0.373 e. The van der Waals surface area contributed by atoms with Gasteiger partial charge in [0.25, 0.3) is 0 Å². The van der Waals surface area contributed by atoms with Crippen molar-refractivity contribution in [3.63, 3.8) is 0 Å². The van der Waals surface area contributed by atoms with Crippen LogP contribution in [0.3, 0.4) is 0 Å². The lowest BCUT2D eigenvalue weighted by atomic mass is 10.1. The van der Waals surface area contributed by atoms with E-state index in [4.69, 9.17) is 10.0 Å². The van der Waals surface area contributed by atoms with Crippen molar-refractivity contribution in [3.8, 4) is 5.19 Å². The van der Waals surface area contributed by atoms with Crippen LogP contribution in [-0.4, -0.2) is 22.5 Å². The topological polar surface area (TPSA) is 97.3 Å². The fourth-order valence-corrected chi connectivity index (χ4v) is 4.97. The van der Waals surface area contributed by atoms with Crippen LogP contribution in [0.15, 0.2) is 17.0 Å². The lowest BCUT2D eigenvalue weighted by Gasteiger charge is -2.11. The predicted octanol–water partition coefficient (Wildman–Crippen LogP) is 1.53. The number of nitrogens with zero attached hydrogens (tertiary/aromatic N) is 1. The summed E-state index contributed by atoms with van der Waals surface area (Å²) in [6.45, 7) is 5.42. The van der Waals surface area contributed by atoms with Gasteiger partial charge in [-0.15, -0.1) is 0 Å². The summed E-state index contributed by atoms with van der Waals surface area (Å²) in [5.41, 5.74) is 2.29. The summed E-state index contributed by atoms with van der Waals surface area (Å²) in [5.74, 6) is 6.45. The van der Waals surface area contributed by atoms with Gasteiger partial charge in [0.05, 0.1) is 7.05 Å². The largest absolute Gasteiger partial charge is 0.387 e. The molecule has 0 fully saturated rings. The predicted molar refractivity (Wildman–Crippen MR) is 92.2 cm³/mol. The molecule has 0 aliphatic heterocycles. The normalized spacial score (nSPS) is 11.3. The van der Waals surface area contributed by atoms with Crippen molar-refractivity contribution in [2.45, 2.75) is 25.7 Å². The summed E-state index contributed by atoms with van der Waals surface area (Å²) in [6, 6.07) is 3.62. The molecule has 9 heteroatoms. The fraction of sp³-hybridized carbons (Fsp3) is 0.357. The molecule has 0 radical (unpaired) electrons. The van der Waals surface area contributed by atoms with Gasteiger partial charge in [0.1, 0.15) is 4.90 Å². The van der Waals surface area contributed by atoms with E-state index in [-0.39, 0.29) is 10.1 Å². The number of nitrogen functional groups attached to an aromatic ring is 1. The molecule has 1 heterocycles. The molecule has 126 valence electrons. The van der Waals surface area contributed by atoms with Crippen LogP contribution in [0.4, 0.5) is 10.8 Å². The van der Waals surface area contributed by atoms with Gasteiger partial charge in [0, 0.05) is 7.05 Å². The van der Waals surface area contributed by atoms with Gasteiger partial charge in [0.2, 0.25) is 0 Å². The van der Waals surface area contributed by atoms with Gasteiger partial charge in [-0.2, -0.15) is 8.42 Å². The molecule has 0 saturated carbocycles. The lowest BCUT2D eigenvalue weighted by molar-refractivity contribution is -0.622. The third-order valence-electron chi connectivity index (χ3n) is 3.34. The Morgan fingerprint density at radius 1 is 1.13 bits per heavy atom. The molecule has 1 aromatic heterocycles. The van der Waals surface area contributed by atoms with Crippen LogP contribution in [0.5, 0.6) is 5.19 Å². The molecule has 0 aliphatic carbocycles. The zero-order valence-corrected chi connectivity index (χ0v) is 15.4. The van der Waals surface area contributed by atoms with Gasteiger partial charge in [-0.05, 0) is 43.2 Å². The third-order valence-corrected chi connectivity index (χ3v) is 6.02. The van der Waals surface area contributed by atoms with E-state index >= 15 is 0 Å². The Hall–Kier alpha value is -2.00. The van der Waals surface area contributed by atoms with Crippen LogP contribution in [-0.2, 0) is 10.1 Å². The van der Waals surface area contributed by atoms with Crippen molar-refractivity contribution in [1.29, 1.82) is 0 Å². The summed E-state index contributed by atoms with van der Waals surface area (Å²) < 4.78 is 31.8. The standard InChI is InChI=1S/C14H21N4O3S2/c1-8-6-9(2)11(10(3)7-8)23(19,20)21-14-18(15)12(16-4)13(17-5)22-14/h6-7,16-17H,15H2,1-5H3/q+1. The first-order chi connectivity index (χ1) is 10.7. The zero-order valence-electron chi connectivity index (χ0n) is 13.7. The summed E-state index contributed by atoms with van der Waals surface area (Å²) in [7, 11) is -0.565. The van der Waals surface area contributed by atoms with Crippen LogP contribution in [0, 0.1) is 20.8 Å². The summed E-state index contributed by atoms with van der Waals surface area (Å²) in [6.07, 6.45) is 0. The van der Waals surface area contributed by atoms with Gasteiger partial charge in [-0.1, -0.05) is 22.4 Å². The molecule has 1 aromatic carbocycles. The maximum Gasteiger partial charge on any atom is 0.387 e. The number of aryl methyl sites for hydroxylation is 3. The highest BCUT2D eigenvalue weighted by atomic mass is 32.2. The monoisotopic (exact) mass is 357 g/mol. The van der Waals surface area contributed by atoms with E-state index in [2.05, 4.69) is 10.6 Å². The molecule has 7 nitrogen and oxygen atoms in total. The number of rotatable bonds is 5. The Bertz CT molecular complexity index is 821. The van der Waals surface area contributed by atoms with Crippen molar-refractivity contribution in [2.75, 3.05) is 30.6 Å². The van der Waals surface area contributed by atoms with Crippen LogP contribution < -0.4 is 25.3 Å². The maximum atomic E-state index is 12.7. The molecule has 2 aromatic rings. The summed E-state index contributed by atoms with van der Waals surface area (Å²) >= 11 is 1.11. The van der Waals surface area contributed by atoms with Crippen molar-refractivity contribution in [1.82, 2.24) is 0 Å². The highest BCUT2D eigenvalue weighted by Gasteiger charge is 2.29. The van der Waals surface area contributed by atoms with E-state index < -0.39 is 10.1 Å². The van der Waals surface area contributed by atoms with E-state index in [1.165, 1.54) is 4.68 Å². The first-order valence-electron chi connectivity index (χ1n) is 6.93. The van der Waals surface area contributed by atoms with Crippen molar-refractivity contribution >= 4 is 32.3 Å². The minimum Gasteiger partial charge on any atom is -0.373 e. The number of nitrogens with two attached hydrogens (primary N) is 1. The van der Waals surface area contributed by atoms with Gasteiger partial charge in [-0.25, -0.2) is 0 Å².